The second-order valence-corrected chi connectivity index (χ2v) is 4.65. The van der Waals surface area contributed by atoms with Crippen LogP contribution in [0.15, 0.2) is 0 Å². The van der Waals surface area contributed by atoms with Crippen LogP contribution in [0, 0.1) is 6.92 Å². The fourth-order valence-electron chi connectivity index (χ4n) is 2.39. The van der Waals surface area contributed by atoms with Gasteiger partial charge in [-0.25, -0.2) is 4.68 Å². The van der Waals surface area contributed by atoms with E-state index in [0.29, 0.717) is 6.10 Å². The number of nitrogens with zero attached hydrogens (tertiary/aromatic N) is 3. The van der Waals surface area contributed by atoms with E-state index in [9.17, 15) is 0 Å². The summed E-state index contributed by atoms with van der Waals surface area (Å²) in [5.74, 6) is 1.01. The van der Waals surface area contributed by atoms with Crippen LogP contribution in [0.1, 0.15) is 25.5 Å². The van der Waals surface area contributed by atoms with Crippen LogP contribution >= 0.6 is 0 Å². The molecule has 2 N–H and O–H groups in total. The van der Waals surface area contributed by atoms with Crippen LogP contribution < -0.4 is 10.6 Å². The highest BCUT2D eigenvalue weighted by Crippen LogP contribution is 2.26. The van der Waals surface area contributed by atoms with E-state index in [1.54, 1.807) is 0 Å². The molecule has 2 rings (SSSR count). The molecule has 0 radical (unpaired) electrons. The molecule has 1 aromatic rings. The topological polar surface area (TPSA) is 56.3 Å². The van der Waals surface area contributed by atoms with Gasteiger partial charge < -0.3 is 15.4 Å². The number of likely N-dealkylation sites (N-methyl/N-ethyl adjacent to an activating group) is 1. The first kappa shape index (κ1) is 12.2. The van der Waals surface area contributed by atoms with Crippen molar-refractivity contribution in [2.45, 2.75) is 39.3 Å². The van der Waals surface area contributed by atoms with E-state index in [4.69, 9.17) is 10.5 Å². The zero-order valence-electron chi connectivity index (χ0n) is 10.9. The van der Waals surface area contributed by atoms with E-state index < -0.39 is 0 Å². The summed E-state index contributed by atoms with van der Waals surface area (Å²) in [7, 11) is 2.06. The van der Waals surface area contributed by atoms with Gasteiger partial charge in [-0.1, -0.05) is 0 Å². The summed E-state index contributed by atoms with van der Waals surface area (Å²) in [5.41, 5.74) is 7.78. The van der Waals surface area contributed by atoms with Crippen LogP contribution in [-0.4, -0.2) is 36.1 Å². The molecule has 1 aromatic heterocycles. The Balaban J connectivity index is 2.14. The number of hydrogen-bond acceptors (Lipinski definition) is 4. The zero-order valence-corrected chi connectivity index (χ0v) is 10.9. The number of ether oxygens (including phenoxy) is 1. The fourth-order valence-corrected chi connectivity index (χ4v) is 2.39. The van der Waals surface area contributed by atoms with E-state index in [-0.39, 0.29) is 0 Å². The van der Waals surface area contributed by atoms with Crippen LogP contribution in [0.25, 0.3) is 0 Å². The standard InChI is InChI=1S/C12H22N4O/c1-4-16-12(11(13)9(2)14-16)15(3)8-10-6-5-7-17-10/h10H,4-8,13H2,1-3H3. The van der Waals surface area contributed by atoms with Gasteiger partial charge in [-0.05, 0) is 26.7 Å². The number of aromatic nitrogens is 2. The van der Waals surface area contributed by atoms with Crippen LogP contribution in [0.4, 0.5) is 11.5 Å². The molecule has 0 aliphatic carbocycles. The predicted octanol–water partition coefficient (Wildman–Crippen LogP) is 1.41. The molecule has 0 saturated carbocycles. The molecule has 96 valence electrons. The molecular formula is C12H22N4O. The van der Waals surface area contributed by atoms with Crippen LogP contribution in [0.5, 0.6) is 0 Å². The largest absolute Gasteiger partial charge is 0.394 e. The van der Waals surface area contributed by atoms with Gasteiger partial charge in [0.1, 0.15) is 5.82 Å². The summed E-state index contributed by atoms with van der Waals surface area (Å²) in [6.07, 6.45) is 2.64. The predicted molar refractivity (Wildman–Crippen MR) is 69.3 cm³/mol. The summed E-state index contributed by atoms with van der Waals surface area (Å²) in [5, 5.41) is 4.43. The molecule has 1 unspecified atom stereocenters. The lowest BCUT2D eigenvalue weighted by Gasteiger charge is -2.23. The van der Waals surface area contributed by atoms with Gasteiger partial charge >= 0.3 is 0 Å². The average Bonchev–Trinajstić information content (AvgIpc) is 2.88. The third-order valence-electron chi connectivity index (χ3n) is 3.31. The number of aryl methyl sites for hydroxylation is 2. The molecule has 17 heavy (non-hydrogen) atoms. The first-order chi connectivity index (χ1) is 8.13. The average molecular weight is 238 g/mol. The zero-order chi connectivity index (χ0) is 12.4. The Morgan fingerprint density at radius 2 is 2.35 bits per heavy atom. The lowest BCUT2D eigenvalue weighted by molar-refractivity contribution is 0.116. The lowest BCUT2D eigenvalue weighted by Crippen LogP contribution is -2.30. The molecule has 1 fully saturated rings. The number of hydrogen-bond donors (Lipinski definition) is 1. The first-order valence-electron chi connectivity index (χ1n) is 6.29. The van der Waals surface area contributed by atoms with Crippen molar-refractivity contribution >= 4 is 11.5 Å². The quantitative estimate of drug-likeness (QED) is 0.861. The van der Waals surface area contributed by atoms with Gasteiger partial charge in [-0.3, -0.25) is 0 Å². The van der Waals surface area contributed by atoms with Gasteiger partial charge in [0, 0.05) is 26.7 Å². The molecule has 5 nitrogen and oxygen atoms in total. The van der Waals surface area contributed by atoms with Crippen molar-refractivity contribution in [3.05, 3.63) is 5.69 Å². The van der Waals surface area contributed by atoms with Gasteiger partial charge in [0.15, 0.2) is 0 Å². The van der Waals surface area contributed by atoms with Crippen molar-refractivity contribution < 1.29 is 4.74 Å². The summed E-state index contributed by atoms with van der Waals surface area (Å²) in [6.45, 7) is 6.64. The van der Waals surface area contributed by atoms with Crippen LogP contribution in [0.3, 0.4) is 0 Å². The Morgan fingerprint density at radius 3 is 2.94 bits per heavy atom. The van der Waals surface area contributed by atoms with Crippen molar-refractivity contribution in [3.63, 3.8) is 0 Å². The molecule has 0 spiro atoms. The highest BCUT2D eigenvalue weighted by molar-refractivity contribution is 5.65. The van der Waals surface area contributed by atoms with Gasteiger partial charge in [0.25, 0.3) is 0 Å². The van der Waals surface area contributed by atoms with E-state index in [2.05, 4.69) is 24.0 Å². The highest BCUT2D eigenvalue weighted by atomic mass is 16.5. The molecular weight excluding hydrogens is 216 g/mol. The maximum absolute atomic E-state index is 6.09. The van der Waals surface area contributed by atoms with Gasteiger partial charge in [-0.2, -0.15) is 5.10 Å². The van der Waals surface area contributed by atoms with Crippen molar-refractivity contribution in [2.75, 3.05) is 30.8 Å². The van der Waals surface area contributed by atoms with Crippen molar-refractivity contribution in [2.24, 2.45) is 0 Å². The van der Waals surface area contributed by atoms with Crippen LogP contribution in [-0.2, 0) is 11.3 Å². The Labute approximate surface area is 103 Å². The maximum atomic E-state index is 6.09. The second kappa shape index (κ2) is 4.96. The van der Waals surface area contributed by atoms with Gasteiger partial charge in [-0.15, -0.1) is 0 Å². The normalized spacial score (nSPS) is 19.8. The molecule has 1 saturated heterocycles. The summed E-state index contributed by atoms with van der Waals surface area (Å²) >= 11 is 0. The Morgan fingerprint density at radius 1 is 1.59 bits per heavy atom. The van der Waals surface area contributed by atoms with Crippen molar-refractivity contribution in [1.29, 1.82) is 0 Å². The lowest BCUT2D eigenvalue weighted by atomic mass is 10.2. The summed E-state index contributed by atoms with van der Waals surface area (Å²) in [6, 6.07) is 0. The minimum Gasteiger partial charge on any atom is -0.394 e. The SMILES string of the molecule is CCn1nc(C)c(N)c1N(C)CC1CCCO1. The van der Waals surface area contributed by atoms with Crippen molar-refractivity contribution in [1.82, 2.24) is 9.78 Å². The molecule has 0 bridgehead atoms. The molecule has 0 amide bonds. The van der Waals surface area contributed by atoms with E-state index in [1.165, 1.54) is 6.42 Å². The summed E-state index contributed by atoms with van der Waals surface area (Å²) < 4.78 is 7.61. The first-order valence-corrected chi connectivity index (χ1v) is 6.29. The highest BCUT2D eigenvalue weighted by Gasteiger charge is 2.21. The van der Waals surface area contributed by atoms with Crippen molar-refractivity contribution in [3.8, 4) is 0 Å². The minimum atomic E-state index is 0.333. The third-order valence-corrected chi connectivity index (χ3v) is 3.31. The van der Waals surface area contributed by atoms with E-state index in [1.807, 2.05) is 11.6 Å². The number of rotatable bonds is 4. The Hall–Kier alpha value is -1.23. The smallest absolute Gasteiger partial charge is 0.150 e. The molecule has 1 aliphatic rings. The number of anilines is 2. The van der Waals surface area contributed by atoms with E-state index >= 15 is 0 Å². The third kappa shape index (κ3) is 2.39. The minimum absolute atomic E-state index is 0.333. The summed E-state index contributed by atoms with van der Waals surface area (Å²) in [4.78, 5) is 2.16. The fraction of sp³-hybridized carbons (Fsp3) is 0.750. The second-order valence-electron chi connectivity index (χ2n) is 4.65. The molecule has 0 aromatic carbocycles. The monoisotopic (exact) mass is 238 g/mol. The van der Waals surface area contributed by atoms with Gasteiger partial charge in [0.05, 0.1) is 17.5 Å². The number of nitrogens with two attached hydrogens (primary N) is 1. The maximum Gasteiger partial charge on any atom is 0.150 e. The Bertz CT molecular complexity index is 382. The molecule has 1 aliphatic heterocycles. The molecule has 1 atom stereocenters. The molecule has 2 heterocycles. The van der Waals surface area contributed by atoms with Gasteiger partial charge in [0.2, 0.25) is 0 Å². The number of nitrogen functional groups attached to an aromatic ring is 1. The van der Waals surface area contributed by atoms with E-state index in [0.717, 1.165) is 43.3 Å². The molecule has 5 heteroatoms. The van der Waals surface area contributed by atoms with Crippen LogP contribution in [0.2, 0.25) is 0 Å². The Kier molecular flexibility index (Phi) is 3.57.